The zero-order chi connectivity index (χ0) is 19.8. The van der Waals surface area contributed by atoms with Gasteiger partial charge in [0, 0.05) is 13.1 Å². The maximum atomic E-state index is 4.80. The Kier molecular flexibility index (Phi) is 16.1. The molecule has 7 heteroatoms. The summed E-state index contributed by atoms with van der Waals surface area (Å²) in [7, 11) is 11.5. The number of hydrogen-bond acceptors (Lipinski definition) is 2. The van der Waals surface area contributed by atoms with Crippen molar-refractivity contribution in [1.82, 2.24) is 9.80 Å². The third-order valence-electron chi connectivity index (χ3n) is 6.07. The molecule has 0 saturated carbocycles. The summed E-state index contributed by atoms with van der Waals surface area (Å²) in [5.41, 5.74) is 0. The van der Waals surface area contributed by atoms with Crippen LogP contribution in [0.15, 0.2) is 0 Å². The SMILES string of the molecule is CCCCCCCCN1CCCN2CC[N+](CCC[N-]C)(CC1)C2.[Cl][Mn][Cl]. The molecule has 2 rings (SSSR count). The first-order valence-electron chi connectivity index (χ1n) is 10.9. The van der Waals surface area contributed by atoms with Gasteiger partial charge < -0.3 is 9.80 Å². The molecular weight excluding hydrogens is 422 g/mol. The van der Waals surface area contributed by atoms with Crippen LogP contribution in [0.5, 0.6) is 0 Å². The third-order valence-corrected chi connectivity index (χ3v) is 6.07. The molecular formula is C20H42Cl2MnN4. The zero-order valence-corrected chi connectivity index (χ0v) is 20.3. The molecule has 0 N–H and O–H groups in total. The van der Waals surface area contributed by atoms with E-state index in [1.54, 1.807) is 0 Å². The van der Waals surface area contributed by atoms with E-state index >= 15 is 0 Å². The minimum absolute atomic E-state index is 0.00694. The van der Waals surface area contributed by atoms with Crippen molar-refractivity contribution < 1.29 is 17.6 Å². The molecule has 2 heterocycles. The average Bonchev–Trinajstić information content (AvgIpc) is 3.09. The molecule has 2 bridgehead atoms. The molecule has 0 amide bonds. The predicted octanol–water partition coefficient (Wildman–Crippen LogP) is 4.91. The molecule has 2 atom stereocenters. The fourth-order valence-corrected chi connectivity index (χ4v) is 4.47. The third kappa shape index (κ3) is 11.6. The summed E-state index contributed by atoms with van der Waals surface area (Å²) in [6, 6.07) is 0. The van der Waals surface area contributed by atoms with Crippen molar-refractivity contribution in [3.63, 3.8) is 0 Å². The summed E-state index contributed by atoms with van der Waals surface area (Å²) in [5, 5.41) is 4.31. The van der Waals surface area contributed by atoms with Gasteiger partial charge in [-0.25, -0.2) is 0 Å². The van der Waals surface area contributed by atoms with E-state index in [0.717, 1.165) is 6.54 Å². The van der Waals surface area contributed by atoms with E-state index in [4.69, 9.17) is 20.2 Å². The molecule has 0 spiro atoms. The van der Waals surface area contributed by atoms with Gasteiger partial charge in [-0.05, 0) is 32.4 Å². The number of hydrogen-bond donors (Lipinski definition) is 0. The van der Waals surface area contributed by atoms with Crippen molar-refractivity contribution in [2.45, 2.75) is 58.3 Å². The van der Waals surface area contributed by atoms with Gasteiger partial charge in [-0.3, -0.25) is 9.80 Å². The second kappa shape index (κ2) is 16.7. The Bertz CT molecular complexity index is 352. The molecule has 0 aliphatic carbocycles. The molecule has 2 fully saturated rings. The Morgan fingerprint density at radius 1 is 0.926 bits per heavy atom. The van der Waals surface area contributed by atoms with Crippen molar-refractivity contribution >= 4 is 20.2 Å². The summed E-state index contributed by atoms with van der Waals surface area (Å²) < 4.78 is 1.34. The van der Waals surface area contributed by atoms with Crippen LogP contribution in [-0.4, -0.2) is 86.9 Å². The summed E-state index contributed by atoms with van der Waals surface area (Å²) >= 11 is 0.00694. The van der Waals surface area contributed by atoms with Gasteiger partial charge in [-0.2, -0.15) is 7.05 Å². The summed E-state index contributed by atoms with van der Waals surface area (Å²) in [6.07, 6.45) is 11.1. The minimum atomic E-state index is 0.00694. The van der Waals surface area contributed by atoms with Crippen LogP contribution in [0.4, 0.5) is 0 Å². The summed E-state index contributed by atoms with van der Waals surface area (Å²) in [5.74, 6) is 0. The Hall–Kier alpha value is 0.939. The van der Waals surface area contributed by atoms with Gasteiger partial charge in [0.25, 0.3) is 0 Å². The van der Waals surface area contributed by atoms with Crippen LogP contribution >= 0.6 is 20.2 Å². The predicted molar refractivity (Wildman–Crippen MR) is 116 cm³/mol. The zero-order valence-electron chi connectivity index (χ0n) is 17.7. The molecule has 2 aliphatic heterocycles. The van der Waals surface area contributed by atoms with Crippen molar-refractivity contribution in [1.29, 1.82) is 0 Å². The van der Waals surface area contributed by atoms with Crippen LogP contribution in [0.1, 0.15) is 58.3 Å². The van der Waals surface area contributed by atoms with Gasteiger partial charge >= 0.3 is 33.3 Å². The monoisotopic (exact) mass is 463 g/mol. The maximum absolute atomic E-state index is 4.80. The number of unbranched alkanes of at least 4 members (excludes halogenated alkanes) is 5. The molecule has 27 heavy (non-hydrogen) atoms. The van der Waals surface area contributed by atoms with Crippen molar-refractivity contribution in [2.24, 2.45) is 0 Å². The van der Waals surface area contributed by atoms with Crippen molar-refractivity contribution in [3.05, 3.63) is 5.32 Å². The molecule has 2 unspecified atom stereocenters. The van der Waals surface area contributed by atoms with Gasteiger partial charge in [0.2, 0.25) is 0 Å². The van der Waals surface area contributed by atoms with Crippen LogP contribution in [-0.2, 0) is 13.1 Å². The molecule has 163 valence electrons. The Morgan fingerprint density at radius 3 is 2.37 bits per heavy atom. The molecule has 0 aromatic carbocycles. The standard InChI is InChI=1S/C20H42N4.2ClH.Mn/c1-3-4-5-6-7-8-12-22-13-10-14-23-16-19-24(20-23,18-15-22)17-9-11-21-2;;;/h3-20H2,1-2H3;2*1H;/q;;;+2/p-2. The number of halogens is 2. The second-order valence-corrected chi connectivity index (χ2v) is 10.1. The summed E-state index contributed by atoms with van der Waals surface area (Å²) in [6.45, 7) is 15.3. The molecule has 0 aromatic heterocycles. The number of quaternary nitrogens is 1. The van der Waals surface area contributed by atoms with E-state index in [0.29, 0.717) is 0 Å². The Balaban J connectivity index is 0.00000114. The molecule has 4 nitrogen and oxygen atoms in total. The first-order valence-corrected chi connectivity index (χ1v) is 14.2. The second-order valence-electron chi connectivity index (χ2n) is 8.18. The van der Waals surface area contributed by atoms with E-state index < -0.39 is 0 Å². The number of nitrogens with zero attached hydrogens (tertiary/aromatic N) is 4. The van der Waals surface area contributed by atoms with E-state index in [1.165, 1.54) is 115 Å². The quantitative estimate of drug-likeness (QED) is 0.246. The van der Waals surface area contributed by atoms with E-state index in [1.807, 2.05) is 7.05 Å². The van der Waals surface area contributed by atoms with Gasteiger partial charge in [0.05, 0.1) is 26.2 Å². The van der Waals surface area contributed by atoms with Crippen LogP contribution in [0.2, 0.25) is 0 Å². The van der Waals surface area contributed by atoms with E-state index in [2.05, 4.69) is 22.0 Å². The van der Waals surface area contributed by atoms with Crippen LogP contribution in [0, 0.1) is 0 Å². The van der Waals surface area contributed by atoms with Crippen LogP contribution < -0.4 is 0 Å². The fourth-order valence-electron chi connectivity index (χ4n) is 4.47. The Labute approximate surface area is 183 Å². The van der Waals surface area contributed by atoms with E-state index in [-0.39, 0.29) is 13.1 Å². The molecule has 0 radical (unpaired) electrons. The molecule has 0 aromatic rings. The van der Waals surface area contributed by atoms with Gasteiger partial charge in [-0.15, -0.1) is 6.54 Å². The first kappa shape index (κ1) is 26.0. The van der Waals surface area contributed by atoms with Gasteiger partial charge in [-0.1, -0.05) is 39.0 Å². The van der Waals surface area contributed by atoms with Gasteiger partial charge in [0.1, 0.15) is 6.67 Å². The average molecular weight is 464 g/mol. The number of fused-ring (bicyclic) bond motifs is 2. The van der Waals surface area contributed by atoms with Crippen LogP contribution in [0.25, 0.3) is 5.32 Å². The van der Waals surface area contributed by atoms with Crippen LogP contribution in [0.3, 0.4) is 0 Å². The first-order chi connectivity index (χ1) is 13.2. The van der Waals surface area contributed by atoms with Gasteiger partial charge in [0.15, 0.2) is 0 Å². The fraction of sp³-hybridized carbons (Fsp3) is 1.00. The topological polar surface area (TPSA) is 20.6 Å². The summed E-state index contributed by atoms with van der Waals surface area (Å²) in [4.78, 5) is 5.49. The van der Waals surface area contributed by atoms with Crippen molar-refractivity contribution in [3.8, 4) is 0 Å². The Morgan fingerprint density at radius 2 is 1.63 bits per heavy atom. The molecule has 2 aliphatic rings. The van der Waals surface area contributed by atoms with E-state index in [9.17, 15) is 0 Å². The normalized spacial score (nSPS) is 26.0. The van der Waals surface area contributed by atoms with Crippen molar-refractivity contribution in [2.75, 3.05) is 72.6 Å². The number of rotatable bonds is 11. The molecule has 2 saturated heterocycles.